The lowest BCUT2D eigenvalue weighted by Gasteiger charge is -2.07. The van der Waals surface area contributed by atoms with Gasteiger partial charge in [-0.1, -0.05) is 0 Å². The van der Waals surface area contributed by atoms with Crippen molar-refractivity contribution in [2.24, 2.45) is 0 Å². The summed E-state index contributed by atoms with van der Waals surface area (Å²) < 4.78 is 29.9. The van der Waals surface area contributed by atoms with E-state index in [9.17, 15) is 13.2 Å². The fourth-order valence-corrected chi connectivity index (χ4v) is 4.35. The SMILES string of the molecule is CCOc1cncc(-c2ccc(C(=O)NCc3cncc(S(=O)(=O)C4CC4)n3)nc2)n1. The summed E-state index contributed by atoms with van der Waals surface area (Å²) in [5, 5.41) is 2.25. The molecule has 0 bridgehead atoms. The summed E-state index contributed by atoms with van der Waals surface area (Å²) in [6, 6.07) is 3.28. The van der Waals surface area contributed by atoms with Gasteiger partial charge in [0.1, 0.15) is 5.69 Å². The number of carbonyl (C=O) groups excluding carboxylic acids is 1. The summed E-state index contributed by atoms with van der Waals surface area (Å²) in [7, 11) is -3.44. The van der Waals surface area contributed by atoms with Crippen LogP contribution in [-0.2, 0) is 16.4 Å². The zero-order chi connectivity index (χ0) is 21.8. The van der Waals surface area contributed by atoms with E-state index in [1.54, 1.807) is 18.3 Å². The van der Waals surface area contributed by atoms with Crippen LogP contribution in [0.2, 0.25) is 0 Å². The van der Waals surface area contributed by atoms with Crippen molar-refractivity contribution in [1.82, 2.24) is 30.2 Å². The number of nitrogens with zero attached hydrogens (tertiary/aromatic N) is 5. The molecule has 1 aliphatic rings. The minimum Gasteiger partial charge on any atom is -0.477 e. The molecule has 1 saturated carbocycles. The Balaban J connectivity index is 1.41. The van der Waals surface area contributed by atoms with Crippen molar-refractivity contribution in [1.29, 1.82) is 0 Å². The van der Waals surface area contributed by atoms with E-state index in [0.29, 0.717) is 42.3 Å². The Morgan fingerprint density at radius 1 is 1.10 bits per heavy atom. The number of pyridine rings is 1. The zero-order valence-corrected chi connectivity index (χ0v) is 17.5. The predicted molar refractivity (Wildman–Crippen MR) is 110 cm³/mol. The Kier molecular flexibility index (Phi) is 5.85. The maximum Gasteiger partial charge on any atom is 0.270 e. The second-order valence-electron chi connectivity index (χ2n) is 6.88. The van der Waals surface area contributed by atoms with Gasteiger partial charge in [0.15, 0.2) is 14.9 Å². The number of ether oxygens (including phenoxy) is 1. The fourth-order valence-electron chi connectivity index (χ4n) is 2.80. The van der Waals surface area contributed by atoms with Crippen molar-refractivity contribution < 1.29 is 17.9 Å². The third kappa shape index (κ3) is 4.82. The Bertz CT molecular complexity index is 1200. The number of carbonyl (C=O) groups is 1. The third-order valence-corrected chi connectivity index (χ3v) is 6.67. The number of rotatable bonds is 8. The second-order valence-corrected chi connectivity index (χ2v) is 9.06. The number of sulfone groups is 1. The van der Waals surface area contributed by atoms with Crippen LogP contribution in [0.25, 0.3) is 11.3 Å². The van der Waals surface area contributed by atoms with Gasteiger partial charge in [-0.15, -0.1) is 0 Å². The largest absolute Gasteiger partial charge is 0.477 e. The summed E-state index contributed by atoms with van der Waals surface area (Å²) in [5.41, 5.74) is 1.82. The van der Waals surface area contributed by atoms with Gasteiger partial charge in [-0.3, -0.25) is 19.7 Å². The molecule has 3 aromatic heterocycles. The van der Waals surface area contributed by atoms with E-state index >= 15 is 0 Å². The molecule has 1 N–H and O–H groups in total. The maximum absolute atomic E-state index is 12.4. The number of aromatic nitrogens is 5. The van der Waals surface area contributed by atoms with Crippen molar-refractivity contribution in [3.8, 4) is 17.1 Å². The molecule has 1 fully saturated rings. The summed E-state index contributed by atoms with van der Waals surface area (Å²) in [5.74, 6) is -0.00758. The molecule has 10 nitrogen and oxygen atoms in total. The van der Waals surface area contributed by atoms with Crippen molar-refractivity contribution in [3.63, 3.8) is 0 Å². The van der Waals surface area contributed by atoms with Crippen LogP contribution >= 0.6 is 0 Å². The van der Waals surface area contributed by atoms with Gasteiger partial charge in [0, 0.05) is 11.8 Å². The molecular weight excluding hydrogens is 420 g/mol. The van der Waals surface area contributed by atoms with Crippen LogP contribution in [0.5, 0.6) is 5.88 Å². The average molecular weight is 440 g/mol. The summed E-state index contributed by atoms with van der Waals surface area (Å²) >= 11 is 0. The number of hydrogen-bond donors (Lipinski definition) is 1. The van der Waals surface area contributed by atoms with Gasteiger partial charge >= 0.3 is 0 Å². The Morgan fingerprint density at radius 3 is 2.61 bits per heavy atom. The minimum absolute atomic E-state index is 0.0329. The molecule has 11 heteroatoms. The topological polar surface area (TPSA) is 137 Å². The molecule has 0 saturated heterocycles. The Labute approximate surface area is 179 Å². The molecule has 0 aliphatic heterocycles. The van der Waals surface area contributed by atoms with Gasteiger partial charge in [0.25, 0.3) is 5.91 Å². The number of amides is 1. The molecule has 3 heterocycles. The Morgan fingerprint density at radius 2 is 1.90 bits per heavy atom. The van der Waals surface area contributed by atoms with E-state index in [4.69, 9.17) is 4.74 Å². The van der Waals surface area contributed by atoms with E-state index in [1.807, 2.05) is 6.92 Å². The lowest BCUT2D eigenvalue weighted by atomic mass is 10.2. The van der Waals surface area contributed by atoms with Crippen LogP contribution in [0.1, 0.15) is 35.9 Å². The van der Waals surface area contributed by atoms with Crippen LogP contribution in [0, 0.1) is 0 Å². The van der Waals surface area contributed by atoms with Gasteiger partial charge < -0.3 is 10.1 Å². The standard InChI is InChI=1S/C20H20N6O4S/c1-2-30-18-11-22-10-17(26-18)13-3-6-16(23-7-13)20(27)24-9-14-8-21-12-19(25-14)31(28,29)15-4-5-15/h3,6-8,10-12,15H,2,4-5,9H2,1H3,(H,24,27). The summed E-state index contributed by atoms with van der Waals surface area (Å²) in [6.45, 7) is 2.37. The van der Waals surface area contributed by atoms with Gasteiger partial charge in [-0.2, -0.15) is 0 Å². The number of nitrogens with one attached hydrogen (secondary N) is 1. The average Bonchev–Trinajstić information content (AvgIpc) is 3.64. The summed E-state index contributed by atoms with van der Waals surface area (Å²) in [6.07, 6.45) is 8.59. The highest BCUT2D eigenvalue weighted by Crippen LogP contribution is 2.32. The van der Waals surface area contributed by atoms with Crippen molar-refractivity contribution >= 4 is 15.7 Å². The fraction of sp³-hybridized carbons (Fsp3) is 0.300. The lowest BCUT2D eigenvalue weighted by molar-refractivity contribution is 0.0945. The molecule has 0 unspecified atom stereocenters. The highest BCUT2D eigenvalue weighted by Gasteiger charge is 2.38. The molecule has 160 valence electrons. The van der Waals surface area contributed by atoms with E-state index in [-0.39, 0.29) is 22.5 Å². The normalized spacial score (nSPS) is 13.6. The molecule has 1 aliphatic carbocycles. The molecule has 31 heavy (non-hydrogen) atoms. The Hall–Kier alpha value is -3.47. The van der Waals surface area contributed by atoms with Crippen LogP contribution in [0.15, 0.2) is 48.1 Å². The first kappa shape index (κ1) is 20.8. The molecule has 0 radical (unpaired) electrons. The zero-order valence-electron chi connectivity index (χ0n) is 16.7. The smallest absolute Gasteiger partial charge is 0.270 e. The highest BCUT2D eigenvalue weighted by atomic mass is 32.2. The minimum atomic E-state index is -3.44. The first-order valence-electron chi connectivity index (χ1n) is 9.71. The van der Waals surface area contributed by atoms with Crippen molar-refractivity contribution in [3.05, 3.63) is 54.5 Å². The van der Waals surface area contributed by atoms with Gasteiger partial charge in [-0.05, 0) is 31.9 Å². The monoisotopic (exact) mass is 440 g/mol. The lowest BCUT2D eigenvalue weighted by Crippen LogP contribution is -2.24. The van der Waals surface area contributed by atoms with E-state index in [0.717, 1.165) is 0 Å². The first-order chi connectivity index (χ1) is 15.0. The molecule has 3 aromatic rings. The van der Waals surface area contributed by atoms with E-state index in [2.05, 4.69) is 30.2 Å². The number of hydrogen-bond acceptors (Lipinski definition) is 9. The van der Waals surface area contributed by atoms with Crippen LogP contribution in [-0.4, -0.2) is 51.1 Å². The van der Waals surface area contributed by atoms with Gasteiger partial charge in [0.05, 0.1) is 54.6 Å². The van der Waals surface area contributed by atoms with Crippen molar-refractivity contribution in [2.45, 2.75) is 36.6 Å². The molecule has 4 rings (SSSR count). The highest BCUT2D eigenvalue weighted by molar-refractivity contribution is 7.92. The second kappa shape index (κ2) is 8.72. The maximum atomic E-state index is 12.4. The predicted octanol–water partition coefficient (Wildman–Crippen LogP) is 1.59. The van der Waals surface area contributed by atoms with Crippen molar-refractivity contribution in [2.75, 3.05) is 6.61 Å². The third-order valence-electron chi connectivity index (χ3n) is 4.54. The van der Waals surface area contributed by atoms with E-state index < -0.39 is 15.7 Å². The van der Waals surface area contributed by atoms with Crippen LogP contribution < -0.4 is 10.1 Å². The summed E-state index contributed by atoms with van der Waals surface area (Å²) in [4.78, 5) is 33.1. The van der Waals surface area contributed by atoms with Crippen LogP contribution in [0.3, 0.4) is 0 Å². The molecule has 0 aromatic carbocycles. The molecule has 1 amide bonds. The van der Waals surface area contributed by atoms with Crippen LogP contribution in [0.4, 0.5) is 0 Å². The molecular formula is C20H20N6O4S. The first-order valence-corrected chi connectivity index (χ1v) is 11.3. The van der Waals surface area contributed by atoms with Gasteiger partial charge in [0.2, 0.25) is 5.88 Å². The molecule has 0 spiro atoms. The quantitative estimate of drug-likeness (QED) is 0.553. The van der Waals surface area contributed by atoms with Gasteiger partial charge in [-0.25, -0.2) is 18.4 Å². The molecule has 0 atom stereocenters. The van der Waals surface area contributed by atoms with E-state index in [1.165, 1.54) is 24.8 Å².